The topological polar surface area (TPSA) is 52.9 Å². The third-order valence-corrected chi connectivity index (χ3v) is 2.41. The van der Waals surface area contributed by atoms with Crippen molar-refractivity contribution in [2.75, 3.05) is 5.32 Å². The van der Waals surface area contributed by atoms with Crippen molar-refractivity contribution in [2.45, 2.75) is 16.8 Å². The third kappa shape index (κ3) is 4.63. The van der Waals surface area contributed by atoms with E-state index in [9.17, 15) is 22.4 Å². The first kappa shape index (κ1) is 14.3. The fourth-order valence-electron chi connectivity index (χ4n) is 1.06. The average molecular weight is 278 g/mol. The van der Waals surface area contributed by atoms with Gasteiger partial charge in [-0.05, 0) is 30.0 Å². The Bertz CT molecular complexity index is 496. The molecule has 18 heavy (non-hydrogen) atoms. The van der Waals surface area contributed by atoms with E-state index >= 15 is 0 Å². The molecule has 1 aromatic rings. The highest BCUT2D eigenvalue weighted by atomic mass is 32.2. The molecule has 0 fully saturated rings. The fraction of sp³-hybridized carbons (Fsp3) is 0.200. The van der Waals surface area contributed by atoms with Gasteiger partial charge in [-0.2, -0.15) is 18.4 Å². The van der Waals surface area contributed by atoms with E-state index in [0.717, 1.165) is 12.1 Å². The zero-order valence-corrected chi connectivity index (χ0v) is 9.53. The van der Waals surface area contributed by atoms with Crippen molar-refractivity contribution < 1.29 is 22.4 Å². The molecular formula is C10H6F4N2OS. The SMILES string of the molecule is N#CCC(=O)Nc1ccc(SC(F)(F)F)cc1F. The molecule has 0 aliphatic heterocycles. The third-order valence-electron chi connectivity index (χ3n) is 1.69. The van der Waals surface area contributed by atoms with E-state index in [-0.39, 0.29) is 10.6 Å². The Balaban J connectivity index is 2.80. The van der Waals surface area contributed by atoms with E-state index in [0.29, 0.717) is 6.07 Å². The molecule has 0 aliphatic rings. The van der Waals surface area contributed by atoms with Crippen LogP contribution in [0.2, 0.25) is 0 Å². The lowest BCUT2D eigenvalue weighted by molar-refractivity contribution is -0.115. The standard InChI is InChI=1S/C10H6F4N2OS/c11-7-5-6(18-10(12,13)14)1-2-8(7)16-9(17)3-4-15/h1-2,5H,3H2,(H,16,17). The van der Waals surface area contributed by atoms with Gasteiger partial charge in [-0.1, -0.05) is 0 Å². The molecule has 8 heteroatoms. The first-order valence-electron chi connectivity index (χ1n) is 4.54. The highest BCUT2D eigenvalue weighted by molar-refractivity contribution is 8.00. The van der Waals surface area contributed by atoms with Gasteiger partial charge in [0.25, 0.3) is 0 Å². The number of hydrogen-bond donors (Lipinski definition) is 1. The summed E-state index contributed by atoms with van der Waals surface area (Å²) in [6, 6.07) is 4.27. The molecule has 0 unspecified atom stereocenters. The number of nitrogens with one attached hydrogen (secondary N) is 1. The van der Waals surface area contributed by atoms with Crippen LogP contribution in [0.4, 0.5) is 23.2 Å². The minimum atomic E-state index is -4.50. The van der Waals surface area contributed by atoms with Gasteiger partial charge in [0.05, 0.1) is 11.8 Å². The van der Waals surface area contributed by atoms with Crippen LogP contribution in [0.15, 0.2) is 23.1 Å². The van der Waals surface area contributed by atoms with Crippen LogP contribution in [0, 0.1) is 17.1 Å². The summed E-state index contributed by atoms with van der Waals surface area (Å²) in [6.45, 7) is 0. The van der Waals surface area contributed by atoms with Crippen LogP contribution in [0.1, 0.15) is 6.42 Å². The summed E-state index contributed by atoms with van der Waals surface area (Å²) in [4.78, 5) is 10.7. The Hall–Kier alpha value is -1.75. The Morgan fingerprint density at radius 1 is 1.44 bits per heavy atom. The van der Waals surface area contributed by atoms with Gasteiger partial charge in [0.15, 0.2) is 0 Å². The van der Waals surface area contributed by atoms with E-state index in [1.54, 1.807) is 6.07 Å². The van der Waals surface area contributed by atoms with Crippen LogP contribution < -0.4 is 5.32 Å². The molecule has 0 heterocycles. The van der Waals surface area contributed by atoms with E-state index < -0.39 is 35.4 Å². The molecule has 0 spiro atoms. The van der Waals surface area contributed by atoms with Crippen LogP contribution in [0.5, 0.6) is 0 Å². The van der Waals surface area contributed by atoms with E-state index in [4.69, 9.17) is 5.26 Å². The van der Waals surface area contributed by atoms with E-state index in [1.807, 2.05) is 0 Å². The normalized spacial score (nSPS) is 10.8. The molecule has 0 atom stereocenters. The number of nitrogens with zero attached hydrogens (tertiary/aromatic N) is 1. The van der Waals surface area contributed by atoms with Crippen molar-refractivity contribution in [1.29, 1.82) is 5.26 Å². The van der Waals surface area contributed by atoms with Gasteiger partial charge in [-0.3, -0.25) is 4.79 Å². The number of amides is 1. The summed E-state index contributed by atoms with van der Waals surface area (Å²) in [5, 5.41) is 10.3. The second-order valence-corrected chi connectivity index (χ2v) is 4.21. The van der Waals surface area contributed by atoms with Gasteiger partial charge in [0.2, 0.25) is 5.91 Å². The summed E-state index contributed by atoms with van der Waals surface area (Å²) in [5.41, 5.74) is -4.76. The molecule has 0 saturated heterocycles. The Labute approximate surface area is 104 Å². The highest BCUT2D eigenvalue weighted by Gasteiger charge is 2.29. The lowest BCUT2D eigenvalue weighted by Crippen LogP contribution is -2.11. The Morgan fingerprint density at radius 2 is 2.11 bits per heavy atom. The number of carbonyl (C=O) groups excluding carboxylic acids is 1. The molecular weight excluding hydrogens is 272 g/mol. The zero-order valence-electron chi connectivity index (χ0n) is 8.71. The lowest BCUT2D eigenvalue weighted by Gasteiger charge is -2.08. The second-order valence-electron chi connectivity index (χ2n) is 3.07. The number of nitriles is 1. The van der Waals surface area contributed by atoms with E-state index in [1.165, 1.54) is 0 Å². The number of rotatable bonds is 3. The monoisotopic (exact) mass is 278 g/mol. The Morgan fingerprint density at radius 3 is 2.61 bits per heavy atom. The van der Waals surface area contributed by atoms with Gasteiger partial charge in [-0.25, -0.2) is 4.39 Å². The maximum atomic E-state index is 13.3. The van der Waals surface area contributed by atoms with Crippen molar-refractivity contribution in [2.24, 2.45) is 0 Å². The van der Waals surface area contributed by atoms with Crippen molar-refractivity contribution in [3.63, 3.8) is 0 Å². The molecule has 0 aliphatic carbocycles. The summed E-state index contributed by atoms with van der Waals surface area (Å²) in [7, 11) is 0. The minimum Gasteiger partial charge on any atom is -0.323 e. The van der Waals surface area contributed by atoms with Crippen molar-refractivity contribution >= 4 is 23.4 Å². The number of alkyl halides is 3. The molecule has 1 aromatic carbocycles. The maximum Gasteiger partial charge on any atom is 0.446 e. The van der Waals surface area contributed by atoms with Crippen LogP contribution in [0.3, 0.4) is 0 Å². The Kier molecular flexibility index (Phi) is 4.55. The van der Waals surface area contributed by atoms with Crippen molar-refractivity contribution in [3.05, 3.63) is 24.0 Å². The largest absolute Gasteiger partial charge is 0.446 e. The molecule has 0 saturated carbocycles. The first-order valence-corrected chi connectivity index (χ1v) is 5.35. The van der Waals surface area contributed by atoms with Crippen LogP contribution in [-0.4, -0.2) is 11.4 Å². The van der Waals surface area contributed by atoms with Gasteiger partial charge in [-0.15, -0.1) is 0 Å². The number of benzene rings is 1. The molecule has 3 nitrogen and oxygen atoms in total. The summed E-state index contributed by atoms with van der Waals surface area (Å²) in [5.74, 6) is -1.72. The van der Waals surface area contributed by atoms with E-state index in [2.05, 4.69) is 5.32 Å². The zero-order chi connectivity index (χ0) is 13.8. The molecule has 1 amide bonds. The number of carbonyl (C=O) groups is 1. The van der Waals surface area contributed by atoms with Crippen LogP contribution in [0.25, 0.3) is 0 Å². The quantitative estimate of drug-likeness (QED) is 0.681. The summed E-state index contributed by atoms with van der Waals surface area (Å²) >= 11 is -0.452. The molecule has 0 radical (unpaired) electrons. The predicted molar refractivity (Wildman–Crippen MR) is 57.2 cm³/mol. The minimum absolute atomic E-state index is 0.262. The van der Waals surface area contributed by atoms with Crippen molar-refractivity contribution in [1.82, 2.24) is 0 Å². The first-order chi connectivity index (χ1) is 8.31. The average Bonchev–Trinajstić information content (AvgIpc) is 2.20. The smallest absolute Gasteiger partial charge is 0.323 e. The molecule has 1 rings (SSSR count). The summed E-state index contributed by atoms with van der Waals surface area (Å²) in [6.07, 6.45) is -0.460. The van der Waals surface area contributed by atoms with Crippen LogP contribution in [-0.2, 0) is 4.79 Å². The summed E-state index contributed by atoms with van der Waals surface area (Å²) < 4.78 is 49.4. The highest BCUT2D eigenvalue weighted by Crippen LogP contribution is 2.37. The molecule has 96 valence electrons. The van der Waals surface area contributed by atoms with Crippen LogP contribution >= 0.6 is 11.8 Å². The number of halogens is 4. The van der Waals surface area contributed by atoms with Gasteiger partial charge in [0, 0.05) is 4.90 Å². The van der Waals surface area contributed by atoms with Crippen molar-refractivity contribution in [3.8, 4) is 6.07 Å². The number of hydrogen-bond acceptors (Lipinski definition) is 3. The number of thioether (sulfide) groups is 1. The van der Waals surface area contributed by atoms with Gasteiger partial charge < -0.3 is 5.32 Å². The number of anilines is 1. The fourth-order valence-corrected chi connectivity index (χ4v) is 1.63. The molecule has 1 N–H and O–H groups in total. The molecule has 0 bridgehead atoms. The van der Waals surface area contributed by atoms with Gasteiger partial charge >= 0.3 is 5.51 Å². The maximum absolute atomic E-state index is 13.3. The lowest BCUT2D eigenvalue weighted by atomic mass is 10.3. The second kappa shape index (κ2) is 5.73. The molecule has 0 aromatic heterocycles. The van der Waals surface area contributed by atoms with Gasteiger partial charge in [0.1, 0.15) is 12.2 Å². The predicted octanol–water partition coefficient (Wildman–Crippen LogP) is 3.29.